The Morgan fingerprint density at radius 1 is 0.842 bits per heavy atom. The van der Waals surface area contributed by atoms with Crippen molar-refractivity contribution < 1.29 is 0 Å². The van der Waals surface area contributed by atoms with Crippen LogP contribution in [0.1, 0.15) is 5.56 Å². The Morgan fingerprint density at radius 2 is 1.53 bits per heavy atom. The van der Waals surface area contributed by atoms with Gasteiger partial charge in [0.25, 0.3) is 0 Å². The Kier molecular flexibility index (Phi) is 4.44. The number of anilines is 2. The fourth-order valence-electron chi connectivity index (χ4n) is 1.51. The van der Waals surface area contributed by atoms with E-state index in [1.54, 1.807) is 24.3 Å². The van der Waals surface area contributed by atoms with Gasteiger partial charge in [0.15, 0.2) is 0 Å². The van der Waals surface area contributed by atoms with Crippen molar-refractivity contribution >= 4 is 57.8 Å². The molecule has 1 N–H and O–H groups in total. The molecular formula is C13H6Cl4N2. The maximum atomic E-state index is 9.09. The Hall–Kier alpha value is -1.11. The predicted octanol–water partition coefficient (Wildman–Crippen LogP) is 5.92. The molecule has 2 nitrogen and oxygen atoms in total. The Balaban J connectivity index is 2.45. The van der Waals surface area contributed by atoms with Gasteiger partial charge in [0.2, 0.25) is 0 Å². The third kappa shape index (κ3) is 3.08. The molecule has 0 atom stereocenters. The molecule has 96 valence electrons. The number of hydrogen-bond donors (Lipinski definition) is 1. The minimum atomic E-state index is 0.339. The number of benzene rings is 2. The van der Waals surface area contributed by atoms with Gasteiger partial charge in [-0.25, -0.2) is 0 Å². The lowest BCUT2D eigenvalue weighted by Crippen LogP contribution is -1.95. The largest absolute Gasteiger partial charge is 0.353 e. The maximum Gasteiger partial charge on any atom is 0.103 e. The summed E-state index contributed by atoms with van der Waals surface area (Å²) in [6.45, 7) is 0. The topological polar surface area (TPSA) is 35.8 Å². The van der Waals surface area contributed by atoms with Crippen LogP contribution in [0.15, 0.2) is 30.3 Å². The zero-order chi connectivity index (χ0) is 14.0. The fraction of sp³-hybridized carbons (Fsp3) is 0. The van der Waals surface area contributed by atoms with Crippen LogP contribution in [0.4, 0.5) is 11.4 Å². The minimum absolute atomic E-state index is 0.339. The summed E-state index contributed by atoms with van der Waals surface area (Å²) in [4.78, 5) is 0. The van der Waals surface area contributed by atoms with Crippen molar-refractivity contribution in [2.75, 3.05) is 5.32 Å². The van der Waals surface area contributed by atoms with E-state index in [1.807, 2.05) is 6.07 Å². The van der Waals surface area contributed by atoms with Gasteiger partial charge in [0, 0.05) is 0 Å². The lowest BCUT2D eigenvalue weighted by Gasteiger charge is -2.11. The van der Waals surface area contributed by atoms with Crippen LogP contribution < -0.4 is 5.32 Å². The van der Waals surface area contributed by atoms with E-state index < -0.39 is 0 Å². The molecule has 0 heterocycles. The summed E-state index contributed by atoms with van der Waals surface area (Å²) < 4.78 is 0. The Morgan fingerprint density at radius 3 is 2.21 bits per heavy atom. The van der Waals surface area contributed by atoms with E-state index in [0.717, 1.165) is 0 Å². The lowest BCUT2D eigenvalue weighted by molar-refractivity contribution is 1.46. The van der Waals surface area contributed by atoms with E-state index in [0.29, 0.717) is 37.0 Å². The average molecular weight is 332 g/mol. The van der Waals surface area contributed by atoms with Crippen molar-refractivity contribution in [3.05, 3.63) is 56.0 Å². The Bertz CT molecular complexity index is 677. The van der Waals surface area contributed by atoms with Crippen molar-refractivity contribution in [1.29, 1.82) is 5.26 Å². The highest BCUT2D eigenvalue weighted by Crippen LogP contribution is 2.35. The molecule has 0 aromatic heterocycles. The van der Waals surface area contributed by atoms with Crippen LogP contribution in [-0.2, 0) is 0 Å². The molecule has 0 radical (unpaired) electrons. The predicted molar refractivity (Wildman–Crippen MR) is 80.9 cm³/mol. The van der Waals surface area contributed by atoms with Gasteiger partial charge in [-0.3, -0.25) is 0 Å². The molecule has 0 aliphatic carbocycles. The third-order valence-corrected chi connectivity index (χ3v) is 3.75. The van der Waals surface area contributed by atoms with Crippen LogP contribution in [0.25, 0.3) is 0 Å². The first-order valence-corrected chi connectivity index (χ1v) is 6.64. The molecule has 19 heavy (non-hydrogen) atoms. The van der Waals surface area contributed by atoms with Gasteiger partial charge >= 0.3 is 0 Å². The van der Waals surface area contributed by atoms with Crippen molar-refractivity contribution in [3.63, 3.8) is 0 Å². The van der Waals surface area contributed by atoms with Crippen molar-refractivity contribution in [3.8, 4) is 6.07 Å². The molecule has 0 aliphatic rings. The summed E-state index contributed by atoms with van der Waals surface area (Å²) in [5, 5.41) is 13.6. The summed E-state index contributed by atoms with van der Waals surface area (Å²) in [6.07, 6.45) is 0. The number of hydrogen-bond acceptors (Lipinski definition) is 2. The summed E-state index contributed by atoms with van der Waals surface area (Å²) >= 11 is 23.8. The summed E-state index contributed by atoms with van der Waals surface area (Å²) in [7, 11) is 0. The Labute approximate surface area is 130 Å². The molecule has 0 fully saturated rings. The molecule has 0 unspecified atom stereocenters. The molecule has 2 rings (SSSR count). The van der Waals surface area contributed by atoms with Crippen LogP contribution in [0.3, 0.4) is 0 Å². The third-order valence-electron chi connectivity index (χ3n) is 2.40. The lowest BCUT2D eigenvalue weighted by atomic mass is 10.2. The van der Waals surface area contributed by atoms with Gasteiger partial charge in [0.1, 0.15) is 6.07 Å². The number of halogens is 4. The molecule has 0 bridgehead atoms. The maximum absolute atomic E-state index is 9.09. The van der Waals surface area contributed by atoms with Crippen molar-refractivity contribution in [2.45, 2.75) is 0 Å². The SMILES string of the molecule is N#Cc1c(Cl)cccc1Nc1cc(Cl)c(Cl)cc1Cl. The van der Waals surface area contributed by atoms with Gasteiger partial charge < -0.3 is 5.32 Å². The zero-order valence-corrected chi connectivity index (χ0v) is 12.4. The van der Waals surface area contributed by atoms with E-state index >= 15 is 0 Å². The van der Waals surface area contributed by atoms with Crippen LogP contribution in [0, 0.1) is 11.3 Å². The van der Waals surface area contributed by atoms with Gasteiger partial charge in [-0.15, -0.1) is 0 Å². The molecule has 0 saturated heterocycles. The molecule has 0 aliphatic heterocycles. The molecule has 0 amide bonds. The second-order valence-corrected chi connectivity index (χ2v) is 5.27. The fourth-order valence-corrected chi connectivity index (χ4v) is 2.32. The molecule has 0 saturated carbocycles. The van der Waals surface area contributed by atoms with E-state index in [4.69, 9.17) is 51.7 Å². The average Bonchev–Trinajstić information content (AvgIpc) is 2.36. The zero-order valence-electron chi connectivity index (χ0n) is 9.35. The molecule has 2 aromatic carbocycles. The smallest absolute Gasteiger partial charge is 0.103 e. The quantitative estimate of drug-likeness (QED) is 0.694. The molecular weight excluding hydrogens is 326 g/mol. The minimum Gasteiger partial charge on any atom is -0.353 e. The molecule has 2 aromatic rings. The standard InChI is InChI=1S/C13H6Cl4N2/c14-8-2-1-3-12(7(8)6-18)19-13-5-10(16)9(15)4-11(13)17/h1-5,19H. The highest BCUT2D eigenvalue weighted by atomic mass is 35.5. The van der Waals surface area contributed by atoms with Gasteiger partial charge in [0.05, 0.1) is 37.0 Å². The number of rotatable bonds is 2. The highest BCUT2D eigenvalue weighted by Gasteiger charge is 2.10. The first-order chi connectivity index (χ1) is 9.02. The first kappa shape index (κ1) is 14.3. The summed E-state index contributed by atoms with van der Waals surface area (Å²) in [6, 6.07) is 10.3. The van der Waals surface area contributed by atoms with Crippen LogP contribution in [0.5, 0.6) is 0 Å². The monoisotopic (exact) mass is 330 g/mol. The van der Waals surface area contributed by atoms with Crippen LogP contribution in [-0.4, -0.2) is 0 Å². The van der Waals surface area contributed by atoms with Gasteiger partial charge in [-0.1, -0.05) is 52.5 Å². The van der Waals surface area contributed by atoms with E-state index in [9.17, 15) is 0 Å². The van der Waals surface area contributed by atoms with Crippen LogP contribution >= 0.6 is 46.4 Å². The van der Waals surface area contributed by atoms with Crippen LogP contribution in [0.2, 0.25) is 20.1 Å². The molecule has 6 heteroatoms. The summed E-state index contributed by atoms with van der Waals surface area (Å²) in [5.74, 6) is 0. The highest BCUT2D eigenvalue weighted by molar-refractivity contribution is 6.44. The van der Waals surface area contributed by atoms with Gasteiger partial charge in [-0.05, 0) is 24.3 Å². The van der Waals surface area contributed by atoms with Crippen molar-refractivity contribution in [2.24, 2.45) is 0 Å². The first-order valence-electron chi connectivity index (χ1n) is 5.13. The molecule has 0 spiro atoms. The van der Waals surface area contributed by atoms with E-state index in [1.165, 1.54) is 6.07 Å². The van der Waals surface area contributed by atoms with Gasteiger partial charge in [-0.2, -0.15) is 5.26 Å². The van der Waals surface area contributed by atoms with E-state index in [-0.39, 0.29) is 0 Å². The second kappa shape index (κ2) is 5.90. The van der Waals surface area contributed by atoms with E-state index in [2.05, 4.69) is 5.32 Å². The normalized spacial score (nSPS) is 10.1. The number of nitrogens with one attached hydrogen (secondary N) is 1. The second-order valence-electron chi connectivity index (χ2n) is 3.65. The summed E-state index contributed by atoms with van der Waals surface area (Å²) in [5.41, 5.74) is 1.44. The van der Waals surface area contributed by atoms with Crippen molar-refractivity contribution in [1.82, 2.24) is 0 Å². The number of nitriles is 1. The number of nitrogens with zero attached hydrogens (tertiary/aromatic N) is 1.